The summed E-state index contributed by atoms with van der Waals surface area (Å²) >= 11 is 0. The van der Waals surface area contributed by atoms with Crippen LogP contribution in [0.15, 0.2) is 30.3 Å². The van der Waals surface area contributed by atoms with E-state index in [0.717, 1.165) is 38.8 Å². The SMILES string of the molecule is CCc1c(F)ccc2cc(O)cc(-c3c(F)cc4c(N5CCN[C@@H](CC#N)C5)nc(OCC56CCCN5CCC6)nc4c3F)c12. The number of aromatic nitrogens is 2. The summed E-state index contributed by atoms with van der Waals surface area (Å²) in [6, 6.07) is 8.77. The van der Waals surface area contributed by atoms with E-state index in [4.69, 9.17) is 9.72 Å². The second-order valence-corrected chi connectivity index (χ2v) is 12.4. The molecule has 45 heavy (non-hydrogen) atoms. The molecule has 0 radical (unpaired) electrons. The number of aryl methyl sites for hydroxylation is 1. The molecule has 11 heteroatoms. The van der Waals surface area contributed by atoms with E-state index in [9.17, 15) is 14.8 Å². The number of anilines is 1. The Hall–Kier alpha value is -4.14. The van der Waals surface area contributed by atoms with Crippen molar-refractivity contribution in [1.29, 1.82) is 5.26 Å². The minimum absolute atomic E-state index is 0.00138. The van der Waals surface area contributed by atoms with E-state index < -0.39 is 23.0 Å². The number of rotatable bonds is 7. The molecule has 0 saturated carbocycles. The number of nitrogens with zero attached hydrogens (tertiary/aromatic N) is 5. The second kappa shape index (κ2) is 11.7. The van der Waals surface area contributed by atoms with Crippen LogP contribution < -0.4 is 15.0 Å². The summed E-state index contributed by atoms with van der Waals surface area (Å²) in [5, 5.41) is 24.1. The molecule has 2 N–H and O–H groups in total. The van der Waals surface area contributed by atoms with Gasteiger partial charge < -0.3 is 20.1 Å². The van der Waals surface area contributed by atoms with Crippen molar-refractivity contribution >= 4 is 27.5 Å². The number of nitrogens with one attached hydrogen (secondary N) is 1. The van der Waals surface area contributed by atoms with Crippen LogP contribution in [0.3, 0.4) is 0 Å². The number of nitriles is 1. The zero-order chi connectivity index (χ0) is 31.3. The minimum atomic E-state index is -0.943. The lowest BCUT2D eigenvalue weighted by molar-refractivity contribution is 0.108. The average Bonchev–Trinajstić information content (AvgIpc) is 3.61. The molecule has 3 saturated heterocycles. The third kappa shape index (κ3) is 5.10. The summed E-state index contributed by atoms with van der Waals surface area (Å²) in [5.41, 5.74) is -0.282. The van der Waals surface area contributed by atoms with Gasteiger partial charge in [-0.1, -0.05) is 13.0 Å². The normalized spacial score (nSPS) is 19.7. The Labute approximate surface area is 259 Å². The molecule has 4 aromatic rings. The Morgan fingerprint density at radius 1 is 1.09 bits per heavy atom. The fourth-order valence-electron chi connectivity index (χ4n) is 7.68. The zero-order valence-corrected chi connectivity index (χ0v) is 25.2. The van der Waals surface area contributed by atoms with Gasteiger partial charge in [-0.2, -0.15) is 15.2 Å². The van der Waals surface area contributed by atoms with E-state index in [1.165, 1.54) is 30.3 Å². The number of benzene rings is 3. The lowest BCUT2D eigenvalue weighted by Crippen LogP contribution is -2.51. The van der Waals surface area contributed by atoms with Crippen LogP contribution in [0.4, 0.5) is 19.0 Å². The smallest absolute Gasteiger partial charge is 0.319 e. The summed E-state index contributed by atoms with van der Waals surface area (Å²) in [6.45, 7) is 5.66. The van der Waals surface area contributed by atoms with Crippen molar-refractivity contribution in [1.82, 2.24) is 20.2 Å². The number of aromatic hydroxyl groups is 1. The van der Waals surface area contributed by atoms with Gasteiger partial charge in [-0.15, -0.1) is 0 Å². The summed E-state index contributed by atoms with van der Waals surface area (Å²) in [7, 11) is 0. The van der Waals surface area contributed by atoms with E-state index >= 15 is 8.78 Å². The molecule has 3 aliphatic heterocycles. The van der Waals surface area contributed by atoms with Crippen LogP contribution in [-0.4, -0.2) is 70.9 Å². The molecular weight excluding hydrogens is 581 g/mol. The molecule has 0 spiro atoms. The van der Waals surface area contributed by atoms with Gasteiger partial charge in [0, 0.05) is 31.1 Å². The Morgan fingerprint density at radius 3 is 2.64 bits per heavy atom. The van der Waals surface area contributed by atoms with E-state index in [2.05, 4.69) is 21.3 Å². The van der Waals surface area contributed by atoms with Crippen LogP contribution in [0.2, 0.25) is 0 Å². The monoisotopic (exact) mass is 616 g/mol. The van der Waals surface area contributed by atoms with Crippen LogP contribution >= 0.6 is 0 Å². The molecule has 4 heterocycles. The predicted molar refractivity (Wildman–Crippen MR) is 166 cm³/mol. The quantitative estimate of drug-likeness (QED) is 0.268. The van der Waals surface area contributed by atoms with Gasteiger partial charge in [0.15, 0.2) is 5.82 Å². The van der Waals surface area contributed by atoms with E-state index in [1.54, 1.807) is 6.92 Å². The molecule has 1 atom stereocenters. The fourth-order valence-corrected chi connectivity index (χ4v) is 7.68. The van der Waals surface area contributed by atoms with Gasteiger partial charge in [0.25, 0.3) is 0 Å². The Bertz CT molecular complexity index is 1830. The summed E-state index contributed by atoms with van der Waals surface area (Å²) in [5.74, 6) is -2.18. The molecule has 0 bridgehead atoms. The Balaban J connectivity index is 1.41. The van der Waals surface area contributed by atoms with Crippen LogP contribution in [0, 0.1) is 28.8 Å². The molecule has 0 amide bonds. The number of phenols is 1. The summed E-state index contributed by atoms with van der Waals surface area (Å²) < 4.78 is 54.3. The van der Waals surface area contributed by atoms with E-state index in [1.807, 2.05) is 4.90 Å². The molecular formula is C34H35F3N6O2. The van der Waals surface area contributed by atoms with Crippen molar-refractivity contribution in [3.63, 3.8) is 0 Å². The molecule has 3 fully saturated rings. The van der Waals surface area contributed by atoms with Gasteiger partial charge in [-0.05, 0) is 91.4 Å². The zero-order valence-electron chi connectivity index (χ0n) is 25.2. The van der Waals surface area contributed by atoms with E-state index in [-0.39, 0.29) is 52.6 Å². The molecule has 3 aliphatic rings. The third-order valence-corrected chi connectivity index (χ3v) is 9.79. The minimum Gasteiger partial charge on any atom is -0.508 e. The van der Waals surface area contributed by atoms with Crippen molar-refractivity contribution in [2.45, 2.75) is 57.0 Å². The maximum absolute atomic E-state index is 16.8. The highest BCUT2D eigenvalue weighted by Gasteiger charge is 2.45. The number of hydrogen-bond acceptors (Lipinski definition) is 8. The van der Waals surface area contributed by atoms with Gasteiger partial charge >= 0.3 is 6.01 Å². The molecule has 1 aromatic heterocycles. The highest BCUT2D eigenvalue weighted by molar-refractivity contribution is 6.03. The lowest BCUT2D eigenvalue weighted by atomic mass is 9.91. The van der Waals surface area contributed by atoms with Crippen molar-refractivity contribution in [3.8, 4) is 29.0 Å². The molecule has 234 valence electrons. The number of fused-ring (bicyclic) bond motifs is 3. The van der Waals surface area contributed by atoms with Crippen LogP contribution in [-0.2, 0) is 6.42 Å². The molecule has 0 unspecified atom stereocenters. The first-order valence-electron chi connectivity index (χ1n) is 15.7. The largest absolute Gasteiger partial charge is 0.508 e. The Morgan fingerprint density at radius 2 is 1.89 bits per heavy atom. The van der Waals surface area contributed by atoms with Crippen molar-refractivity contribution in [3.05, 3.63) is 53.3 Å². The summed E-state index contributed by atoms with van der Waals surface area (Å²) in [4.78, 5) is 13.6. The maximum Gasteiger partial charge on any atom is 0.319 e. The predicted octanol–water partition coefficient (Wildman–Crippen LogP) is 5.83. The first-order chi connectivity index (χ1) is 21.8. The standard InChI is InChI=1S/C34H35F3N6O2/c1-2-23-26(35)6-5-20-15-22(44)16-24(28(20)23)29-27(36)17-25-31(30(29)37)40-33(45-19-34-8-3-12-43(34)13-4-9-34)41-32(25)42-14-11-39-21(18-42)7-10-38/h5-6,15-17,21,39,44H,2-4,7-9,11-14,18-19H2,1H3/t21-/m0/s1. The second-order valence-electron chi connectivity index (χ2n) is 12.4. The highest BCUT2D eigenvalue weighted by atomic mass is 19.1. The van der Waals surface area contributed by atoms with Gasteiger partial charge in [0.05, 0.1) is 23.6 Å². The average molecular weight is 617 g/mol. The number of ether oxygens (including phenoxy) is 1. The highest BCUT2D eigenvalue weighted by Crippen LogP contribution is 2.43. The van der Waals surface area contributed by atoms with Crippen molar-refractivity contribution in [2.75, 3.05) is 44.2 Å². The molecule has 8 nitrogen and oxygen atoms in total. The number of hydrogen-bond donors (Lipinski definition) is 2. The molecule has 7 rings (SSSR count). The van der Waals surface area contributed by atoms with Crippen LogP contribution in [0.1, 0.15) is 44.6 Å². The van der Waals surface area contributed by atoms with Gasteiger partial charge in [0.1, 0.15) is 35.3 Å². The first-order valence-corrected chi connectivity index (χ1v) is 15.7. The van der Waals surface area contributed by atoms with Gasteiger partial charge in [-0.3, -0.25) is 4.90 Å². The number of piperazine rings is 1. The van der Waals surface area contributed by atoms with Crippen LogP contribution in [0.5, 0.6) is 11.8 Å². The number of phenolic OH excluding ortho intramolecular Hbond substituents is 1. The molecule has 0 aliphatic carbocycles. The maximum atomic E-state index is 16.8. The lowest BCUT2D eigenvalue weighted by Gasteiger charge is -2.34. The van der Waals surface area contributed by atoms with Gasteiger partial charge in [-0.25, -0.2) is 13.2 Å². The fraction of sp³-hybridized carbons (Fsp3) is 0.441. The van der Waals surface area contributed by atoms with Crippen molar-refractivity contribution < 1.29 is 23.0 Å². The molecule has 3 aromatic carbocycles. The number of halogens is 3. The third-order valence-electron chi connectivity index (χ3n) is 9.79. The topological polar surface area (TPSA) is 97.5 Å². The summed E-state index contributed by atoms with van der Waals surface area (Å²) in [6.07, 6.45) is 4.74. The van der Waals surface area contributed by atoms with Gasteiger partial charge in [0.2, 0.25) is 0 Å². The van der Waals surface area contributed by atoms with Crippen molar-refractivity contribution in [2.24, 2.45) is 0 Å². The first kappa shape index (κ1) is 29.6. The van der Waals surface area contributed by atoms with Crippen LogP contribution in [0.25, 0.3) is 32.8 Å². The van der Waals surface area contributed by atoms with E-state index in [0.29, 0.717) is 48.4 Å². The Kier molecular flexibility index (Phi) is 7.66.